The molecule has 1 saturated carbocycles. The summed E-state index contributed by atoms with van der Waals surface area (Å²) in [5, 5.41) is 2.82. The summed E-state index contributed by atoms with van der Waals surface area (Å²) in [4.78, 5) is 43.0. The van der Waals surface area contributed by atoms with Crippen LogP contribution in [-0.4, -0.2) is 40.6 Å². The lowest BCUT2D eigenvalue weighted by molar-refractivity contribution is -0.134. The first-order valence-electron chi connectivity index (χ1n) is 10.2. The van der Waals surface area contributed by atoms with E-state index in [4.69, 9.17) is 0 Å². The summed E-state index contributed by atoms with van der Waals surface area (Å²) >= 11 is 1.71. The zero-order valence-corrected chi connectivity index (χ0v) is 17.5. The second kappa shape index (κ2) is 7.16. The Kier molecular flexibility index (Phi) is 4.58. The average Bonchev–Trinajstić information content (AvgIpc) is 3.59. The van der Waals surface area contributed by atoms with E-state index in [0.29, 0.717) is 5.75 Å². The summed E-state index contributed by atoms with van der Waals surface area (Å²) in [6.45, 7) is 1.52. The number of imide groups is 1. The molecule has 4 amide bonds. The van der Waals surface area contributed by atoms with E-state index in [-0.39, 0.29) is 30.3 Å². The molecule has 2 aliphatic heterocycles. The van der Waals surface area contributed by atoms with Crippen LogP contribution in [0.15, 0.2) is 59.5 Å². The number of hydrogen-bond acceptors (Lipinski definition) is 4. The SMILES string of the molecule is C[C@@]1(C2CC2)NC(=O)N(CC(=O)N2c3ccccc3SC[C@H]2c2ccccc2)C1=O. The zero-order valence-electron chi connectivity index (χ0n) is 16.7. The predicted molar refractivity (Wildman–Crippen MR) is 115 cm³/mol. The molecule has 0 radical (unpaired) electrons. The standard InChI is InChI=1S/C23H23N3O3S/c1-23(16-11-12-16)21(28)25(22(29)24-23)13-20(27)26-17-9-5-6-10-19(17)30-14-18(26)15-7-3-2-4-8-15/h2-10,16,18H,11-14H2,1H3,(H,24,29)/t18-,23-/m0/s1. The third-order valence-corrected chi connectivity index (χ3v) is 7.41. The number of fused-ring (bicyclic) bond motifs is 1. The largest absolute Gasteiger partial charge is 0.325 e. The normalized spacial score (nSPS) is 25.8. The van der Waals surface area contributed by atoms with Gasteiger partial charge in [-0.1, -0.05) is 42.5 Å². The van der Waals surface area contributed by atoms with Gasteiger partial charge in [0.2, 0.25) is 5.91 Å². The Morgan fingerprint density at radius 3 is 2.53 bits per heavy atom. The van der Waals surface area contributed by atoms with E-state index in [1.807, 2.05) is 54.6 Å². The van der Waals surface area contributed by atoms with Gasteiger partial charge >= 0.3 is 6.03 Å². The van der Waals surface area contributed by atoms with Crippen molar-refractivity contribution >= 4 is 35.3 Å². The molecule has 7 heteroatoms. The maximum absolute atomic E-state index is 13.5. The highest BCUT2D eigenvalue weighted by molar-refractivity contribution is 7.99. The van der Waals surface area contributed by atoms with Crippen LogP contribution in [0.4, 0.5) is 10.5 Å². The molecule has 2 fully saturated rings. The molecule has 0 aromatic heterocycles. The minimum Gasteiger partial charge on any atom is -0.323 e. The molecular formula is C23H23N3O3S. The van der Waals surface area contributed by atoms with Crippen molar-refractivity contribution in [2.45, 2.75) is 36.2 Å². The van der Waals surface area contributed by atoms with Crippen molar-refractivity contribution in [3.8, 4) is 0 Å². The number of nitrogens with one attached hydrogen (secondary N) is 1. The van der Waals surface area contributed by atoms with Crippen LogP contribution in [0.2, 0.25) is 0 Å². The predicted octanol–water partition coefficient (Wildman–Crippen LogP) is 3.59. The summed E-state index contributed by atoms with van der Waals surface area (Å²) in [7, 11) is 0. The molecule has 2 aromatic rings. The van der Waals surface area contributed by atoms with Crippen molar-refractivity contribution in [2.24, 2.45) is 5.92 Å². The van der Waals surface area contributed by atoms with Crippen molar-refractivity contribution in [3.05, 3.63) is 60.2 Å². The molecule has 5 rings (SSSR count). The average molecular weight is 422 g/mol. The first kappa shape index (κ1) is 19.2. The Morgan fingerprint density at radius 2 is 1.80 bits per heavy atom. The molecule has 154 valence electrons. The van der Waals surface area contributed by atoms with Gasteiger partial charge < -0.3 is 10.2 Å². The number of urea groups is 1. The number of nitrogens with zero attached hydrogens (tertiary/aromatic N) is 2. The van der Waals surface area contributed by atoms with Crippen molar-refractivity contribution in [1.29, 1.82) is 0 Å². The zero-order chi connectivity index (χ0) is 20.9. The molecule has 1 aliphatic carbocycles. The molecule has 2 aromatic carbocycles. The van der Waals surface area contributed by atoms with Crippen LogP contribution in [0.3, 0.4) is 0 Å². The number of carbonyl (C=O) groups is 3. The van der Waals surface area contributed by atoms with E-state index in [9.17, 15) is 14.4 Å². The monoisotopic (exact) mass is 421 g/mol. The number of thioether (sulfide) groups is 1. The molecule has 0 bridgehead atoms. The molecule has 2 atom stereocenters. The molecule has 1 saturated heterocycles. The van der Waals surface area contributed by atoms with Gasteiger partial charge in [-0.05, 0) is 43.4 Å². The number of amides is 4. The van der Waals surface area contributed by atoms with Crippen LogP contribution in [-0.2, 0) is 9.59 Å². The summed E-state index contributed by atoms with van der Waals surface area (Å²) < 4.78 is 0. The number of rotatable bonds is 4. The van der Waals surface area contributed by atoms with Gasteiger partial charge in [-0.25, -0.2) is 4.79 Å². The smallest absolute Gasteiger partial charge is 0.323 e. The molecule has 0 unspecified atom stereocenters. The van der Waals surface area contributed by atoms with Gasteiger partial charge in [0.1, 0.15) is 12.1 Å². The third-order valence-electron chi connectivity index (χ3n) is 6.27. The minimum absolute atomic E-state index is 0.158. The molecular weight excluding hydrogens is 398 g/mol. The van der Waals surface area contributed by atoms with E-state index in [1.165, 1.54) is 0 Å². The van der Waals surface area contributed by atoms with Crippen molar-refractivity contribution in [2.75, 3.05) is 17.2 Å². The third kappa shape index (κ3) is 3.08. The second-order valence-corrected chi connectivity index (χ2v) is 9.33. The fraction of sp³-hybridized carbons (Fsp3) is 0.348. The van der Waals surface area contributed by atoms with E-state index >= 15 is 0 Å². The lowest BCUT2D eigenvalue weighted by Gasteiger charge is -2.37. The maximum atomic E-state index is 13.5. The summed E-state index contributed by atoms with van der Waals surface area (Å²) in [5.41, 5.74) is 0.976. The fourth-order valence-corrected chi connectivity index (χ4v) is 5.59. The van der Waals surface area contributed by atoms with Crippen LogP contribution < -0.4 is 10.2 Å². The number of carbonyl (C=O) groups excluding carboxylic acids is 3. The lowest BCUT2D eigenvalue weighted by Crippen LogP contribution is -2.48. The van der Waals surface area contributed by atoms with Gasteiger partial charge in [0.25, 0.3) is 5.91 Å². The van der Waals surface area contributed by atoms with Crippen LogP contribution in [0, 0.1) is 5.92 Å². The van der Waals surface area contributed by atoms with E-state index in [1.54, 1.807) is 23.6 Å². The van der Waals surface area contributed by atoms with Crippen molar-refractivity contribution < 1.29 is 14.4 Å². The van der Waals surface area contributed by atoms with Gasteiger partial charge in [-0.3, -0.25) is 14.5 Å². The number of hydrogen-bond donors (Lipinski definition) is 1. The molecule has 6 nitrogen and oxygen atoms in total. The number of anilines is 1. The Morgan fingerprint density at radius 1 is 1.10 bits per heavy atom. The van der Waals surface area contributed by atoms with Gasteiger partial charge in [0.15, 0.2) is 0 Å². The highest BCUT2D eigenvalue weighted by Crippen LogP contribution is 2.44. The molecule has 3 aliphatic rings. The van der Waals surface area contributed by atoms with E-state index in [0.717, 1.165) is 33.9 Å². The highest BCUT2D eigenvalue weighted by atomic mass is 32.2. The first-order valence-corrected chi connectivity index (χ1v) is 11.2. The molecule has 0 spiro atoms. The van der Waals surface area contributed by atoms with E-state index in [2.05, 4.69) is 5.32 Å². The number of benzene rings is 2. The summed E-state index contributed by atoms with van der Waals surface area (Å²) in [6, 6.07) is 17.0. The maximum Gasteiger partial charge on any atom is 0.325 e. The highest BCUT2D eigenvalue weighted by Gasteiger charge is 2.56. The van der Waals surface area contributed by atoms with Crippen LogP contribution >= 0.6 is 11.8 Å². The van der Waals surface area contributed by atoms with Gasteiger partial charge in [0, 0.05) is 10.6 Å². The quantitative estimate of drug-likeness (QED) is 0.766. The lowest BCUT2D eigenvalue weighted by atomic mass is 9.96. The van der Waals surface area contributed by atoms with E-state index < -0.39 is 11.6 Å². The van der Waals surface area contributed by atoms with Gasteiger partial charge in [0.05, 0.1) is 11.7 Å². The van der Waals surface area contributed by atoms with Gasteiger partial charge in [-0.15, -0.1) is 11.8 Å². The molecule has 1 N–H and O–H groups in total. The Bertz CT molecular complexity index is 1020. The Labute approximate surface area is 179 Å². The molecule has 30 heavy (non-hydrogen) atoms. The van der Waals surface area contributed by atoms with Crippen LogP contribution in [0.1, 0.15) is 31.4 Å². The summed E-state index contributed by atoms with van der Waals surface area (Å²) in [6.07, 6.45) is 1.86. The van der Waals surface area contributed by atoms with Gasteiger partial charge in [-0.2, -0.15) is 0 Å². The topological polar surface area (TPSA) is 69.7 Å². The summed E-state index contributed by atoms with van der Waals surface area (Å²) in [5.74, 6) is 0.338. The van der Waals surface area contributed by atoms with Crippen molar-refractivity contribution in [1.82, 2.24) is 10.2 Å². The number of para-hydroxylation sites is 1. The van der Waals surface area contributed by atoms with Crippen molar-refractivity contribution in [3.63, 3.8) is 0 Å². The minimum atomic E-state index is -0.883. The Balaban J connectivity index is 1.46. The molecule has 2 heterocycles. The van der Waals surface area contributed by atoms with Crippen LogP contribution in [0.5, 0.6) is 0 Å². The first-order chi connectivity index (χ1) is 14.5. The fourth-order valence-electron chi connectivity index (χ4n) is 4.43. The Hall–Kier alpha value is -2.80. The second-order valence-electron chi connectivity index (χ2n) is 8.27. The van der Waals surface area contributed by atoms with Crippen LogP contribution in [0.25, 0.3) is 0 Å².